The molecule has 1 N–H and O–H groups in total. The normalized spacial score (nSPS) is 22.8. The van der Waals surface area contributed by atoms with Gasteiger partial charge in [-0.25, -0.2) is 4.79 Å². The largest absolute Gasteiger partial charge is 0.468 e. The van der Waals surface area contributed by atoms with Crippen LogP contribution in [-0.2, 0) is 28.6 Å². The second kappa shape index (κ2) is 10.5. The zero-order valence-electron chi connectivity index (χ0n) is 19.6. The molecule has 0 saturated heterocycles. The highest BCUT2D eigenvalue weighted by atomic mass is 35.5. The first-order valence-electron chi connectivity index (χ1n) is 11.0. The SMILES string of the molecule is COC(=O)[C@@H]1C(=O)C2=C(C[C@H]1C)NC(C)=C(C(=O)OCCOC(C)C)[C@@H]2c1cccc(Cl)c1. The number of benzene rings is 1. The van der Waals surface area contributed by atoms with E-state index in [0.29, 0.717) is 39.5 Å². The molecule has 0 unspecified atom stereocenters. The van der Waals surface area contributed by atoms with Gasteiger partial charge in [-0.2, -0.15) is 0 Å². The van der Waals surface area contributed by atoms with Crippen molar-refractivity contribution in [2.75, 3.05) is 20.3 Å². The van der Waals surface area contributed by atoms with E-state index >= 15 is 0 Å². The van der Waals surface area contributed by atoms with E-state index in [1.165, 1.54) is 7.11 Å². The van der Waals surface area contributed by atoms with Gasteiger partial charge in [0.25, 0.3) is 0 Å². The number of methoxy groups -OCH3 is 1. The number of Topliss-reactive ketones (excluding diaryl/α,β-unsaturated/α-hetero) is 1. The summed E-state index contributed by atoms with van der Waals surface area (Å²) in [6, 6.07) is 7.03. The topological polar surface area (TPSA) is 90.9 Å². The van der Waals surface area contributed by atoms with Gasteiger partial charge in [0.15, 0.2) is 5.78 Å². The van der Waals surface area contributed by atoms with Gasteiger partial charge in [-0.15, -0.1) is 0 Å². The molecule has 0 bridgehead atoms. The van der Waals surface area contributed by atoms with Crippen LogP contribution in [0.2, 0.25) is 5.02 Å². The smallest absolute Gasteiger partial charge is 0.336 e. The van der Waals surface area contributed by atoms with Crippen LogP contribution < -0.4 is 5.32 Å². The van der Waals surface area contributed by atoms with Crippen molar-refractivity contribution in [1.82, 2.24) is 5.32 Å². The van der Waals surface area contributed by atoms with Crippen molar-refractivity contribution < 1.29 is 28.6 Å². The molecule has 3 rings (SSSR count). The Morgan fingerprint density at radius 2 is 1.97 bits per heavy atom. The standard InChI is InChI=1S/C25H30ClNO6/c1-13(2)32-9-10-33-25(30)20-15(4)27-18-11-14(3)19(24(29)31-5)23(28)22(18)21(20)16-7-6-8-17(26)12-16/h6-8,12-14,19,21,27H,9-11H2,1-5H3/t14-,19+,21+/m1/s1. The lowest BCUT2D eigenvalue weighted by Gasteiger charge is -2.38. The van der Waals surface area contributed by atoms with Gasteiger partial charge in [0.2, 0.25) is 0 Å². The second-order valence-electron chi connectivity index (χ2n) is 8.65. The molecule has 0 aromatic heterocycles. The molecule has 0 fully saturated rings. The minimum Gasteiger partial charge on any atom is -0.468 e. The minimum absolute atomic E-state index is 0.0185. The van der Waals surface area contributed by atoms with Crippen LogP contribution in [0.25, 0.3) is 0 Å². The molecule has 1 aliphatic carbocycles. The van der Waals surface area contributed by atoms with Crippen molar-refractivity contribution >= 4 is 29.3 Å². The number of halogens is 1. The summed E-state index contributed by atoms with van der Waals surface area (Å²) < 4.78 is 15.9. The molecule has 0 amide bonds. The third kappa shape index (κ3) is 5.31. The number of hydrogen-bond donors (Lipinski definition) is 1. The summed E-state index contributed by atoms with van der Waals surface area (Å²) in [4.78, 5) is 39.3. The number of ketones is 1. The Bertz CT molecular complexity index is 1010. The fourth-order valence-corrected chi connectivity index (χ4v) is 4.67. The molecule has 0 saturated carbocycles. The van der Waals surface area contributed by atoms with Crippen LogP contribution in [-0.4, -0.2) is 44.1 Å². The maximum absolute atomic E-state index is 13.6. The highest BCUT2D eigenvalue weighted by Gasteiger charge is 2.47. The van der Waals surface area contributed by atoms with E-state index in [9.17, 15) is 14.4 Å². The lowest BCUT2D eigenvalue weighted by Crippen LogP contribution is -2.43. The van der Waals surface area contributed by atoms with Crippen LogP contribution in [0.5, 0.6) is 0 Å². The van der Waals surface area contributed by atoms with Gasteiger partial charge >= 0.3 is 11.9 Å². The molecular weight excluding hydrogens is 446 g/mol. The van der Waals surface area contributed by atoms with E-state index in [2.05, 4.69) is 5.32 Å². The summed E-state index contributed by atoms with van der Waals surface area (Å²) in [7, 11) is 1.27. The van der Waals surface area contributed by atoms with Crippen molar-refractivity contribution in [3.8, 4) is 0 Å². The molecule has 8 heteroatoms. The molecular formula is C25H30ClNO6. The van der Waals surface area contributed by atoms with Crippen molar-refractivity contribution in [2.45, 2.75) is 46.1 Å². The first kappa shape index (κ1) is 25.0. The summed E-state index contributed by atoms with van der Waals surface area (Å²) in [5.74, 6) is -3.38. The molecule has 7 nitrogen and oxygen atoms in total. The van der Waals surface area contributed by atoms with Gasteiger partial charge in [-0.05, 0) is 50.8 Å². The lowest BCUT2D eigenvalue weighted by atomic mass is 9.69. The summed E-state index contributed by atoms with van der Waals surface area (Å²) in [6.45, 7) is 7.77. The summed E-state index contributed by atoms with van der Waals surface area (Å²) in [5.41, 5.74) is 2.67. The average Bonchev–Trinajstić information content (AvgIpc) is 2.75. The van der Waals surface area contributed by atoms with Crippen LogP contribution in [0, 0.1) is 11.8 Å². The summed E-state index contributed by atoms with van der Waals surface area (Å²) >= 11 is 6.26. The second-order valence-corrected chi connectivity index (χ2v) is 9.08. The fraction of sp³-hybridized carbons (Fsp3) is 0.480. The number of allylic oxidation sites excluding steroid dienone is 3. The van der Waals surface area contributed by atoms with E-state index < -0.39 is 23.8 Å². The molecule has 3 atom stereocenters. The Morgan fingerprint density at radius 1 is 1.24 bits per heavy atom. The minimum atomic E-state index is -0.938. The van der Waals surface area contributed by atoms with E-state index in [1.807, 2.05) is 26.8 Å². The summed E-state index contributed by atoms with van der Waals surface area (Å²) in [6.07, 6.45) is 0.491. The Morgan fingerprint density at radius 3 is 2.61 bits per heavy atom. The molecule has 1 heterocycles. The zero-order chi connectivity index (χ0) is 24.3. The summed E-state index contributed by atoms with van der Waals surface area (Å²) in [5, 5.41) is 3.71. The Kier molecular flexibility index (Phi) is 7.97. The highest BCUT2D eigenvalue weighted by molar-refractivity contribution is 6.30. The monoisotopic (exact) mass is 475 g/mol. The Labute approximate surface area is 199 Å². The van der Waals surface area contributed by atoms with E-state index in [-0.39, 0.29) is 31.0 Å². The number of carbonyl (C=O) groups is 3. The number of ether oxygens (including phenoxy) is 3. The van der Waals surface area contributed by atoms with Crippen molar-refractivity contribution in [3.63, 3.8) is 0 Å². The van der Waals surface area contributed by atoms with Gasteiger partial charge in [0.1, 0.15) is 12.5 Å². The Balaban J connectivity index is 2.04. The fourth-order valence-electron chi connectivity index (χ4n) is 4.47. The molecule has 0 radical (unpaired) electrons. The van der Waals surface area contributed by atoms with Crippen LogP contribution >= 0.6 is 11.6 Å². The zero-order valence-corrected chi connectivity index (χ0v) is 20.3. The molecule has 33 heavy (non-hydrogen) atoms. The van der Waals surface area contributed by atoms with E-state index in [0.717, 1.165) is 0 Å². The molecule has 1 aromatic rings. The number of dihydropyridines is 1. The van der Waals surface area contributed by atoms with Crippen LogP contribution in [0.4, 0.5) is 0 Å². The van der Waals surface area contributed by atoms with Crippen LogP contribution in [0.1, 0.15) is 45.6 Å². The highest BCUT2D eigenvalue weighted by Crippen LogP contribution is 2.45. The van der Waals surface area contributed by atoms with Gasteiger partial charge in [0, 0.05) is 27.9 Å². The Hall–Kier alpha value is -2.64. The van der Waals surface area contributed by atoms with Gasteiger partial charge in [0.05, 0.1) is 25.4 Å². The maximum atomic E-state index is 13.6. The van der Waals surface area contributed by atoms with Crippen LogP contribution in [0.3, 0.4) is 0 Å². The third-order valence-electron chi connectivity index (χ3n) is 5.91. The number of hydrogen-bond acceptors (Lipinski definition) is 7. The van der Waals surface area contributed by atoms with Gasteiger partial charge in [-0.1, -0.05) is 30.7 Å². The predicted molar refractivity (Wildman–Crippen MR) is 123 cm³/mol. The quantitative estimate of drug-likeness (QED) is 0.363. The van der Waals surface area contributed by atoms with E-state index in [4.69, 9.17) is 25.8 Å². The number of rotatable bonds is 7. The number of esters is 2. The van der Waals surface area contributed by atoms with Crippen LogP contribution in [0.15, 0.2) is 46.8 Å². The molecule has 0 spiro atoms. The third-order valence-corrected chi connectivity index (χ3v) is 6.15. The van der Waals surface area contributed by atoms with Crippen molar-refractivity contribution in [2.24, 2.45) is 11.8 Å². The first-order valence-corrected chi connectivity index (χ1v) is 11.4. The van der Waals surface area contributed by atoms with Crippen molar-refractivity contribution in [3.05, 3.63) is 57.4 Å². The lowest BCUT2D eigenvalue weighted by molar-refractivity contribution is -0.151. The number of carbonyl (C=O) groups excluding carboxylic acids is 3. The van der Waals surface area contributed by atoms with Gasteiger partial charge < -0.3 is 19.5 Å². The predicted octanol–water partition coefficient (Wildman–Crippen LogP) is 3.92. The molecule has 1 aromatic carbocycles. The molecule has 178 valence electrons. The van der Waals surface area contributed by atoms with Gasteiger partial charge in [-0.3, -0.25) is 9.59 Å². The number of nitrogens with one attached hydrogen (secondary N) is 1. The molecule has 1 aliphatic heterocycles. The first-order chi connectivity index (χ1) is 15.6. The van der Waals surface area contributed by atoms with Crippen molar-refractivity contribution in [1.29, 1.82) is 0 Å². The van der Waals surface area contributed by atoms with E-state index in [1.54, 1.807) is 25.1 Å². The molecule has 2 aliphatic rings. The maximum Gasteiger partial charge on any atom is 0.336 e. The average molecular weight is 476 g/mol.